The van der Waals surface area contributed by atoms with Gasteiger partial charge in [0.25, 0.3) is 0 Å². The molecule has 2 aromatic heterocycles. The normalized spacial score (nSPS) is 14.2. The topological polar surface area (TPSA) is 129 Å². The van der Waals surface area contributed by atoms with E-state index in [2.05, 4.69) is 27.5 Å². The maximum Gasteiger partial charge on any atom is 0.410 e. The average molecular weight is 677 g/mol. The molecule has 1 fully saturated rings. The standard InChI is InChI=1S/C35H38F2N6O6/c1-20(44)40-26-18-39-33(38-17-21-8-10-23(46-5)11-9-21)29-25(13-12-24-30(36)27(47-6)16-28(48-7)31(24)37)41-43(32(26)29)22-14-15-42(19-22)34(45)49-35(2,3)4/h8-11,16,18,22H,14-15,17,19H2,1-7H3,(H,38,39)(H,40,44)/t22-/m0/s1. The molecule has 4 aromatic rings. The summed E-state index contributed by atoms with van der Waals surface area (Å²) in [7, 11) is 4.09. The summed E-state index contributed by atoms with van der Waals surface area (Å²) in [6.07, 6.45) is 1.55. The molecular formula is C35H38F2N6O6. The van der Waals surface area contributed by atoms with Gasteiger partial charge in [-0.25, -0.2) is 18.6 Å². The molecule has 1 saturated heterocycles. The molecule has 0 bridgehead atoms. The van der Waals surface area contributed by atoms with Crippen LogP contribution in [0, 0.1) is 23.5 Å². The number of nitrogens with one attached hydrogen (secondary N) is 2. The Morgan fingerprint density at radius 2 is 1.69 bits per heavy atom. The Hall–Kier alpha value is -5.58. The minimum atomic E-state index is -1.00. The first-order chi connectivity index (χ1) is 23.3. The number of ether oxygens (including phenoxy) is 4. The van der Waals surface area contributed by atoms with Gasteiger partial charge in [-0.3, -0.25) is 9.48 Å². The van der Waals surface area contributed by atoms with Gasteiger partial charge in [-0.15, -0.1) is 0 Å². The summed E-state index contributed by atoms with van der Waals surface area (Å²) in [5.41, 5.74) is 0.593. The molecule has 1 atom stereocenters. The number of pyridine rings is 1. The van der Waals surface area contributed by atoms with E-state index < -0.39 is 28.9 Å². The molecule has 0 aliphatic carbocycles. The Bertz CT molecular complexity index is 1920. The molecule has 0 unspecified atom stereocenters. The van der Waals surface area contributed by atoms with Gasteiger partial charge in [-0.2, -0.15) is 5.10 Å². The summed E-state index contributed by atoms with van der Waals surface area (Å²) in [4.78, 5) is 31.4. The van der Waals surface area contributed by atoms with Crippen molar-refractivity contribution >= 4 is 34.4 Å². The monoisotopic (exact) mass is 676 g/mol. The fourth-order valence-electron chi connectivity index (χ4n) is 5.42. The van der Waals surface area contributed by atoms with Gasteiger partial charge in [0.15, 0.2) is 23.1 Å². The van der Waals surface area contributed by atoms with Crippen LogP contribution in [-0.2, 0) is 16.1 Å². The van der Waals surface area contributed by atoms with Crippen LogP contribution >= 0.6 is 0 Å². The van der Waals surface area contributed by atoms with E-state index >= 15 is 8.78 Å². The van der Waals surface area contributed by atoms with Gasteiger partial charge in [-0.05, 0) is 50.8 Å². The molecule has 2 N–H and O–H groups in total. The first kappa shape index (κ1) is 34.7. The number of carbonyl (C=O) groups excluding carboxylic acids is 2. The van der Waals surface area contributed by atoms with Crippen LogP contribution in [0.5, 0.6) is 17.2 Å². The number of fused-ring (bicyclic) bond motifs is 1. The van der Waals surface area contributed by atoms with Crippen LogP contribution in [0.4, 0.5) is 25.1 Å². The first-order valence-corrected chi connectivity index (χ1v) is 15.5. The zero-order valence-electron chi connectivity index (χ0n) is 28.4. The second-order valence-electron chi connectivity index (χ2n) is 12.3. The van der Waals surface area contributed by atoms with Crippen LogP contribution < -0.4 is 24.8 Å². The molecule has 14 heteroatoms. The SMILES string of the molecule is COc1ccc(CNc2ncc(NC(C)=O)c3c2c(C#Cc2c(F)c(OC)cc(OC)c2F)nn3[C@H]2CCN(C(=O)OC(C)(C)C)C2)cc1. The average Bonchev–Trinajstić information content (AvgIpc) is 3.70. The number of anilines is 2. The highest BCUT2D eigenvalue weighted by Crippen LogP contribution is 2.36. The Morgan fingerprint density at radius 3 is 2.29 bits per heavy atom. The number of halogens is 2. The Kier molecular flexibility index (Phi) is 10.1. The van der Waals surface area contributed by atoms with E-state index in [-0.39, 0.29) is 35.7 Å². The molecule has 0 spiro atoms. The number of nitrogens with zero attached hydrogens (tertiary/aromatic N) is 4. The van der Waals surface area contributed by atoms with Crippen molar-refractivity contribution in [2.45, 2.75) is 52.3 Å². The highest BCUT2D eigenvalue weighted by atomic mass is 19.1. The lowest BCUT2D eigenvalue weighted by Gasteiger charge is -2.24. The summed E-state index contributed by atoms with van der Waals surface area (Å²) >= 11 is 0. The van der Waals surface area contributed by atoms with Crippen LogP contribution in [0.25, 0.3) is 10.9 Å². The zero-order chi connectivity index (χ0) is 35.5. The van der Waals surface area contributed by atoms with E-state index in [1.807, 2.05) is 24.3 Å². The largest absolute Gasteiger partial charge is 0.497 e. The lowest BCUT2D eigenvalue weighted by atomic mass is 10.1. The van der Waals surface area contributed by atoms with Crippen LogP contribution in [0.15, 0.2) is 36.5 Å². The summed E-state index contributed by atoms with van der Waals surface area (Å²) < 4.78 is 53.3. The maximum atomic E-state index is 15.3. The highest BCUT2D eigenvalue weighted by molar-refractivity contribution is 6.05. The number of amides is 2. The smallest absolute Gasteiger partial charge is 0.410 e. The quantitative estimate of drug-likeness (QED) is 0.220. The number of carbonyl (C=O) groups is 2. The van der Waals surface area contributed by atoms with Gasteiger partial charge in [-0.1, -0.05) is 18.1 Å². The molecule has 2 aromatic carbocycles. The van der Waals surface area contributed by atoms with E-state index in [9.17, 15) is 9.59 Å². The number of aromatic nitrogens is 3. The first-order valence-electron chi connectivity index (χ1n) is 15.5. The predicted octanol–water partition coefficient (Wildman–Crippen LogP) is 5.89. The minimum absolute atomic E-state index is 0.128. The van der Waals surface area contributed by atoms with Gasteiger partial charge < -0.3 is 34.5 Å². The molecule has 258 valence electrons. The van der Waals surface area contributed by atoms with Crippen LogP contribution in [-0.4, -0.2) is 71.7 Å². The summed E-state index contributed by atoms with van der Waals surface area (Å²) in [6.45, 7) is 7.74. The molecule has 0 radical (unpaired) electrons. The third-order valence-corrected chi connectivity index (χ3v) is 7.70. The molecule has 49 heavy (non-hydrogen) atoms. The van der Waals surface area contributed by atoms with Crippen molar-refractivity contribution in [3.05, 3.63) is 65.0 Å². The lowest BCUT2D eigenvalue weighted by Crippen LogP contribution is -2.35. The predicted molar refractivity (Wildman–Crippen MR) is 179 cm³/mol. The fourth-order valence-corrected chi connectivity index (χ4v) is 5.42. The van der Waals surface area contributed by atoms with E-state index in [1.165, 1.54) is 27.3 Å². The highest BCUT2D eigenvalue weighted by Gasteiger charge is 2.33. The van der Waals surface area contributed by atoms with Crippen molar-refractivity contribution in [3.63, 3.8) is 0 Å². The van der Waals surface area contributed by atoms with Crippen molar-refractivity contribution in [2.24, 2.45) is 0 Å². The van der Waals surface area contributed by atoms with Gasteiger partial charge in [0.1, 0.15) is 28.4 Å². The summed E-state index contributed by atoms with van der Waals surface area (Å²) in [5, 5.41) is 11.3. The third-order valence-electron chi connectivity index (χ3n) is 7.70. The van der Waals surface area contributed by atoms with E-state index in [0.29, 0.717) is 47.7 Å². The molecule has 5 rings (SSSR count). The van der Waals surface area contributed by atoms with Gasteiger partial charge in [0.2, 0.25) is 5.91 Å². The van der Waals surface area contributed by atoms with E-state index in [0.717, 1.165) is 11.6 Å². The summed E-state index contributed by atoms with van der Waals surface area (Å²) in [6, 6.07) is 8.18. The summed E-state index contributed by atoms with van der Waals surface area (Å²) in [5.74, 6) is 3.65. The van der Waals surface area contributed by atoms with Crippen molar-refractivity contribution in [3.8, 4) is 29.1 Å². The molecule has 3 heterocycles. The Labute approximate surface area is 282 Å². The lowest BCUT2D eigenvalue weighted by molar-refractivity contribution is -0.114. The van der Waals surface area contributed by atoms with E-state index in [1.54, 1.807) is 37.5 Å². The van der Waals surface area contributed by atoms with Crippen molar-refractivity contribution in [1.29, 1.82) is 0 Å². The Balaban J connectivity index is 1.67. The number of hydrogen-bond acceptors (Lipinski definition) is 9. The van der Waals surface area contributed by atoms with Crippen molar-refractivity contribution in [1.82, 2.24) is 19.7 Å². The van der Waals surface area contributed by atoms with Crippen LogP contribution in [0.3, 0.4) is 0 Å². The fraction of sp³-hybridized carbons (Fsp3) is 0.371. The molecule has 0 saturated carbocycles. The van der Waals surface area contributed by atoms with E-state index in [4.69, 9.17) is 24.0 Å². The number of methoxy groups -OCH3 is 3. The maximum absolute atomic E-state index is 15.3. The molecule has 1 aliphatic heterocycles. The van der Waals surface area contributed by atoms with Gasteiger partial charge >= 0.3 is 6.09 Å². The van der Waals surface area contributed by atoms with Gasteiger partial charge in [0.05, 0.1) is 50.2 Å². The minimum Gasteiger partial charge on any atom is -0.497 e. The second kappa shape index (κ2) is 14.3. The number of benzene rings is 2. The van der Waals surface area contributed by atoms with Crippen molar-refractivity contribution < 1.29 is 37.3 Å². The van der Waals surface area contributed by atoms with Crippen LogP contribution in [0.2, 0.25) is 0 Å². The molecular weight excluding hydrogens is 638 g/mol. The molecule has 1 aliphatic rings. The number of likely N-dealkylation sites (tertiary alicyclic amines) is 1. The van der Waals surface area contributed by atoms with Crippen molar-refractivity contribution in [2.75, 3.05) is 45.1 Å². The molecule has 12 nitrogen and oxygen atoms in total. The second-order valence-corrected chi connectivity index (χ2v) is 12.3. The van der Waals surface area contributed by atoms with Crippen LogP contribution in [0.1, 0.15) is 57.0 Å². The number of hydrogen-bond donors (Lipinski definition) is 2. The third kappa shape index (κ3) is 7.61. The number of rotatable bonds is 8. The Morgan fingerprint density at radius 1 is 1.02 bits per heavy atom. The zero-order valence-corrected chi connectivity index (χ0v) is 28.4. The van der Waals surface area contributed by atoms with Gasteiger partial charge in [0, 0.05) is 32.6 Å². The molecule has 2 amide bonds.